The summed E-state index contributed by atoms with van der Waals surface area (Å²) >= 11 is 14.3. The maximum atomic E-state index is 12.2. The lowest BCUT2D eigenvalue weighted by Gasteiger charge is -2.40. The van der Waals surface area contributed by atoms with Gasteiger partial charge in [0.15, 0.2) is 0 Å². The number of hydrogen-bond acceptors (Lipinski definition) is 27. The third-order valence-corrected chi connectivity index (χ3v) is 18.7. The molecule has 526 valence electrons. The lowest BCUT2D eigenvalue weighted by Crippen LogP contribution is -2.60. The zero-order valence-electron chi connectivity index (χ0n) is 52.0. The molecule has 11 N–H and O–H groups in total. The molecule has 2 saturated heterocycles. The van der Waals surface area contributed by atoms with Crippen molar-refractivity contribution in [3.8, 4) is 46.9 Å². The van der Waals surface area contributed by atoms with Gasteiger partial charge in [-0.05, 0) is 106 Å². The van der Waals surface area contributed by atoms with Crippen molar-refractivity contribution in [2.45, 2.75) is 87.9 Å². The van der Waals surface area contributed by atoms with Crippen LogP contribution in [0.1, 0.15) is 32.6 Å². The van der Waals surface area contributed by atoms with Crippen LogP contribution in [0.3, 0.4) is 0 Å². The standard InChI is InChI=1S/C61H81Br4N7O23/c1-33-43(30-73)94-56(52(78)49(33)75)92-41-28-68-39-26-37(62)54(47(64)45(39)41)87-22-18-83-14-16-85-20-24-89-59-70-58(66-8-10-81-12-13-82-11-9-67-61(80)91-32-36-34-6-4-2-3-5-7-35(34)36)71-60(72-59)90-25-21-86-17-15-84-19-23-88-55-38(63)27-40-46(48(55)65)42(29-69-40)93-57-53(79)51(77)50(76)44(31-74)95-57/h26-29,33-36,43-44,49-53,56-57,68-69,73-79H,4-25,30-32H2,1H3,(H,67,80)(H,66,70,71,72)/t33-,34-,35+,36?,43-,44-,49+,50-,51+,52-,53-,56-,57-/m1/s1. The number of anilines is 1. The average Bonchev–Trinajstić information content (AvgIpc) is 1.71. The van der Waals surface area contributed by atoms with Crippen LogP contribution in [0.15, 0.2) is 42.4 Å². The fraction of sp³-hybridized carbons (Fsp3) is 0.639. The van der Waals surface area contributed by atoms with Gasteiger partial charge in [-0.15, -0.1) is 16.8 Å². The number of rotatable bonds is 40. The molecule has 2 aliphatic carbocycles. The highest BCUT2D eigenvalue weighted by Crippen LogP contribution is 2.52. The topological polar surface area (TPSA) is 391 Å². The molecular weight excluding hydrogens is 1520 g/mol. The molecule has 5 heterocycles. The number of aromatic nitrogens is 5. The number of alkyl carbamates (subject to hydrolysis) is 1. The van der Waals surface area contributed by atoms with Gasteiger partial charge in [-0.25, -0.2) is 4.79 Å². The number of amides is 1. The molecule has 1 amide bonds. The van der Waals surface area contributed by atoms with Crippen molar-refractivity contribution in [2.24, 2.45) is 23.7 Å². The Hall–Kier alpha value is -4.72. The quantitative estimate of drug-likeness (QED) is 0.0194. The normalized spacial score (nSPS) is 24.8. The van der Waals surface area contributed by atoms with Crippen molar-refractivity contribution in [1.82, 2.24) is 30.2 Å². The van der Waals surface area contributed by atoms with Crippen LogP contribution >= 0.6 is 63.7 Å². The van der Waals surface area contributed by atoms with Gasteiger partial charge in [-0.2, -0.15) is 9.97 Å². The number of aliphatic hydroxyl groups excluding tert-OH is 7. The molecule has 34 heteroatoms. The summed E-state index contributed by atoms with van der Waals surface area (Å²) in [6.45, 7) is 5.28. The summed E-state index contributed by atoms with van der Waals surface area (Å²) in [6.07, 6.45) is -5.06. The first-order chi connectivity index (χ1) is 46.1. The van der Waals surface area contributed by atoms with E-state index >= 15 is 0 Å². The van der Waals surface area contributed by atoms with Crippen LogP contribution in [-0.2, 0) is 42.6 Å². The number of H-pyrrole nitrogens is 2. The summed E-state index contributed by atoms with van der Waals surface area (Å²) in [4.78, 5) is 31.6. The van der Waals surface area contributed by atoms with E-state index in [9.17, 15) is 40.5 Å². The Morgan fingerprint density at radius 1 is 0.568 bits per heavy atom. The lowest BCUT2D eigenvalue weighted by molar-refractivity contribution is -0.277. The molecule has 2 aromatic carbocycles. The molecule has 1 unspecified atom stereocenters. The predicted octanol–water partition coefficient (Wildman–Crippen LogP) is 4.11. The molecule has 4 aliphatic rings. The highest BCUT2D eigenvalue weighted by atomic mass is 79.9. The molecule has 0 bridgehead atoms. The van der Waals surface area contributed by atoms with Gasteiger partial charge in [0.1, 0.15) is 79.9 Å². The minimum absolute atomic E-state index is 0.0178. The number of nitrogens with zero attached hydrogens (tertiary/aromatic N) is 3. The zero-order chi connectivity index (χ0) is 67.2. The summed E-state index contributed by atoms with van der Waals surface area (Å²) in [6, 6.07) is 3.55. The highest BCUT2D eigenvalue weighted by Gasteiger charge is 2.50. The van der Waals surface area contributed by atoms with Gasteiger partial charge in [0.25, 0.3) is 0 Å². The first kappa shape index (κ1) is 74.5. The number of hydrogen-bond donors (Lipinski definition) is 11. The van der Waals surface area contributed by atoms with Gasteiger partial charge in [0, 0.05) is 44.2 Å². The van der Waals surface area contributed by atoms with E-state index in [2.05, 4.69) is 111 Å². The van der Waals surface area contributed by atoms with Crippen LogP contribution < -0.4 is 39.1 Å². The Bertz CT molecular complexity index is 3090. The largest absolute Gasteiger partial charge is 0.489 e. The maximum absolute atomic E-state index is 12.2. The minimum atomic E-state index is -1.61. The number of nitrogens with one attached hydrogen (secondary N) is 4. The third kappa shape index (κ3) is 20.9. The van der Waals surface area contributed by atoms with E-state index in [1.165, 1.54) is 0 Å². The van der Waals surface area contributed by atoms with Crippen LogP contribution in [-0.4, -0.2) is 261 Å². The number of carbonyl (C=O) groups excluding carboxylic acids is 1. The molecule has 95 heavy (non-hydrogen) atoms. The van der Waals surface area contributed by atoms with E-state index in [-0.39, 0.29) is 116 Å². The zero-order valence-corrected chi connectivity index (χ0v) is 58.4. The second kappa shape index (κ2) is 38.0. The van der Waals surface area contributed by atoms with Crippen molar-refractivity contribution in [3.05, 3.63) is 42.4 Å². The molecule has 0 radical (unpaired) electrons. The number of halogens is 4. The number of aromatic amines is 2. The third-order valence-electron chi connectivity index (χ3n) is 16.0. The summed E-state index contributed by atoms with van der Waals surface area (Å²) in [5, 5.41) is 78.6. The van der Waals surface area contributed by atoms with E-state index in [0.717, 1.165) is 25.7 Å². The van der Waals surface area contributed by atoms with Crippen LogP contribution in [0.4, 0.5) is 10.7 Å². The van der Waals surface area contributed by atoms with E-state index in [1.54, 1.807) is 25.4 Å². The molecule has 0 spiro atoms. The molecule has 5 aromatic rings. The van der Waals surface area contributed by atoms with E-state index in [0.29, 0.717) is 114 Å². The van der Waals surface area contributed by atoms with Gasteiger partial charge >= 0.3 is 18.1 Å². The van der Waals surface area contributed by atoms with E-state index in [4.69, 9.17) is 71.1 Å². The maximum Gasteiger partial charge on any atom is 0.407 e. The van der Waals surface area contributed by atoms with Crippen LogP contribution in [0.2, 0.25) is 0 Å². The number of fused-ring (bicyclic) bond motifs is 3. The number of benzene rings is 2. The average molecular weight is 1600 g/mol. The molecular formula is C61H81Br4N7O23. The van der Waals surface area contributed by atoms with Crippen LogP contribution in [0, 0.1) is 35.5 Å². The summed E-state index contributed by atoms with van der Waals surface area (Å²) in [5.74, 6) is 9.20. The second-order valence-electron chi connectivity index (χ2n) is 22.3. The summed E-state index contributed by atoms with van der Waals surface area (Å²) < 4.78 is 89.2. The molecule has 1 saturated carbocycles. The Morgan fingerprint density at radius 3 is 1.51 bits per heavy atom. The van der Waals surface area contributed by atoms with Crippen LogP contribution in [0.25, 0.3) is 21.8 Å². The Morgan fingerprint density at radius 2 is 1.01 bits per heavy atom. The molecule has 2 aliphatic heterocycles. The van der Waals surface area contributed by atoms with Crippen molar-refractivity contribution >= 4 is 97.6 Å². The molecule has 30 nitrogen and oxygen atoms in total. The highest BCUT2D eigenvalue weighted by molar-refractivity contribution is 9.11. The predicted molar refractivity (Wildman–Crippen MR) is 351 cm³/mol. The first-order valence-electron chi connectivity index (χ1n) is 31.2. The van der Waals surface area contributed by atoms with Gasteiger partial charge in [-0.1, -0.05) is 6.92 Å². The number of ether oxygens (including phenoxy) is 15. The fourth-order valence-electron chi connectivity index (χ4n) is 10.9. The second-order valence-corrected chi connectivity index (χ2v) is 25.6. The Balaban J connectivity index is 0.665. The monoisotopic (exact) mass is 1600 g/mol. The summed E-state index contributed by atoms with van der Waals surface area (Å²) in [5.41, 5.74) is 1.33. The molecule has 13 atom stereocenters. The van der Waals surface area contributed by atoms with E-state index < -0.39 is 73.9 Å². The summed E-state index contributed by atoms with van der Waals surface area (Å²) in [7, 11) is 0. The SMILES string of the molecule is C[C@H]1[C@H](O)[C@@H](O)[C@H](Oc2c[nH]c3cc(Br)c(OCCOCCOCCOc4nc(NCCOCCOCCNC(=O)OCC5[C@H]6CCC#CCC[C@@H]56)nc(OCCOCCOCCOc5c(Br)cc6[nH]cc(O[C@@H]7O[C@H](CO)[C@@H](O)[C@H](O)[C@H]7O)c6c5Br)n4)c(Br)c23)O[C@@H]1CO. The van der Waals surface area contributed by atoms with Crippen molar-refractivity contribution < 1.29 is 112 Å². The smallest absolute Gasteiger partial charge is 0.407 e. The van der Waals surface area contributed by atoms with Crippen LogP contribution in [0.5, 0.6) is 35.0 Å². The first-order valence-corrected chi connectivity index (χ1v) is 34.4. The van der Waals surface area contributed by atoms with Gasteiger partial charge in [0.05, 0.1) is 151 Å². The van der Waals surface area contributed by atoms with Gasteiger partial charge in [0.2, 0.25) is 18.5 Å². The number of aliphatic hydroxyl groups is 7. The number of carbonyl (C=O) groups is 1. The van der Waals surface area contributed by atoms with E-state index in [1.807, 2.05) is 6.07 Å². The molecule has 3 fully saturated rings. The van der Waals surface area contributed by atoms with Gasteiger partial charge < -0.3 is 127 Å². The van der Waals surface area contributed by atoms with Gasteiger partial charge in [-0.3, -0.25) is 0 Å². The Kier molecular flexibility index (Phi) is 29.8. The molecule has 3 aromatic heterocycles. The van der Waals surface area contributed by atoms with Crippen molar-refractivity contribution in [2.75, 3.05) is 144 Å². The Labute approximate surface area is 580 Å². The molecule has 9 rings (SSSR count). The fourth-order valence-corrected chi connectivity index (χ4v) is 13.9. The lowest BCUT2D eigenvalue weighted by atomic mass is 9.91. The van der Waals surface area contributed by atoms with Crippen molar-refractivity contribution in [3.63, 3.8) is 0 Å². The minimum Gasteiger partial charge on any atom is -0.489 e. The van der Waals surface area contributed by atoms with Crippen molar-refractivity contribution in [1.29, 1.82) is 0 Å².